The maximum atomic E-state index is 12.4. The fourth-order valence-electron chi connectivity index (χ4n) is 4.23. The molecule has 1 atom stereocenters. The molecular formula is C26H29N3O2S. The Labute approximate surface area is 189 Å². The van der Waals surface area contributed by atoms with Gasteiger partial charge in [-0.2, -0.15) is 0 Å². The van der Waals surface area contributed by atoms with Gasteiger partial charge in [0.2, 0.25) is 5.62 Å². The number of nitrogens with one attached hydrogen (secondary N) is 1. The minimum Gasteiger partial charge on any atom is -0.306 e. The molecule has 0 saturated heterocycles. The Kier molecular flexibility index (Phi) is 6.07. The normalized spacial score (nSPS) is 12.8. The first-order chi connectivity index (χ1) is 15.2. The van der Waals surface area contributed by atoms with Gasteiger partial charge < -0.3 is 9.13 Å². The standard InChI is InChI=1S/C26H29N3O2S/c1-19-8-12-21(13-9-19)16-23(18-32(3,30)31)29-25-7-5-4-6-24(25)28(26(29)27)17-22-14-10-20(2)11-15-22/h4-15,23,27H,16-18H2,1-3H3/t23-/m0/s1. The second-order valence-electron chi connectivity index (χ2n) is 8.69. The fourth-order valence-corrected chi connectivity index (χ4v) is 5.20. The van der Waals surface area contributed by atoms with Crippen LogP contribution in [0, 0.1) is 19.3 Å². The lowest BCUT2D eigenvalue weighted by Crippen LogP contribution is -2.32. The van der Waals surface area contributed by atoms with Gasteiger partial charge in [0.15, 0.2) is 0 Å². The number of aromatic nitrogens is 2. The Morgan fingerprint density at radius 3 is 1.91 bits per heavy atom. The number of nitrogens with zero attached hydrogens (tertiary/aromatic N) is 2. The lowest BCUT2D eigenvalue weighted by atomic mass is 10.1. The van der Waals surface area contributed by atoms with Crippen LogP contribution < -0.4 is 5.62 Å². The van der Waals surface area contributed by atoms with Gasteiger partial charge in [-0.3, -0.25) is 5.41 Å². The van der Waals surface area contributed by atoms with Crippen molar-refractivity contribution in [2.24, 2.45) is 0 Å². The van der Waals surface area contributed by atoms with Crippen molar-refractivity contribution in [3.05, 3.63) is 101 Å². The number of rotatable bonds is 7. The molecular weight excluding hydrogens is 418 g/mol. The van der Waals surface area contributed by atoms with Crippen molar-refractivity contribution in [1.29, 1.82) is 5.41 Å². The maximum Gasteiger partial charge on any atom is 0.203 e. The number of hydrogen-bond acceptors (Lipinski definition) is 3. The van der Waals surface area contributed by atoms with Crippen LogP contribution in [0.2, 0.25) is 0 Å². The van der Waals surface area contributed by atoms with Crippen molar-refractivity contribution in [3.63, 3.8) is 0 Å². The topological polar surface area (TPSA) is 67.8 Å². The summed E-state index contributed by atoms with van der Waals surface area (Å²) in [6.45, 7) is 4.65. The molecule has 0 spiro atoms. The van der Waals surface area contributed by atoms with E-state index in [2.05, 4.69) is 31.2 Å². The molecule has 0 aliphatic heterocycles. The van der Waals surface area contributed by atoms with E-state index in [1.165, 1.54) is 11.8 Å². The van der Waals surface area contributed by atoms with Crippen LogP contribution in [0.5, 0.6) is 0 Å². The first-order valence-electron chi connectivity index (χ1n) is 10.7. The van der Waals surface area contributed by atoms with Crippen LogP contribution in [0.15, 0.2) is 72.8 Å². The highest BCUT2D eigenvalue weighted by atomic mass is 32.2. The minimum atomic E-state index is -3.25. The van der Waals surface area contributed by atoms with E-state index >= 15 is 0 Å². The summed E-state index contributed by atoms with van der Waals surface area (Å²) in [5, 5.41) is 9.04. The molecule has 1 aromatic heterocycles. The summed E-state index contributed by atoms with van der Waals surface area (Å²) in [6.07, 6.45) is 1.81. The first-order valence-corrected chi connectivity index (χ1v) is 12.8. The van der Waals surface area contributed by atoms with E-state index in [0.717, 1.165) is 27.7 Å². The van der Waals surface area contributed by atoms with Crippen LogP contribution in [0.3, 0.4) is 0 Å². The Bertz CT molecular complexity index is 1400. The zero-order valence-corrected chi connectivity index (χ0v) is 19.6. The number of fused-ring (bicyclic) bond motifs is 1. The number of benzene rings is 3. The van der Waals surface area contributed by atoms with Crippen molar-refractivity contribution in [1.82, 2.24) is 9.13 Å². The smallest absolute Gasteiger partial charge is 0.203 e. The van der Waals surface area contributed by atoms with Crippen molar-refractivity contribution in [3.8, 4) is 0 Å². The Balaban J connectivity index is 1.84. The molecule has 32 heavy (non-hydrogen) atoms. The Hall–Kier alpha value is -3.12. The fraction of sp³-hybridized carbons (Fsp3) is 0.269. The molecule has 0 saturated carbocycles. The second-order valence-corrected chi connectivity index (χ2v) is 10.9. The van der Waals surface area contributed by atoms with Crippen molar-refractivity contribution >= 4 is 20.9 Å². The average molecular weight is 448 g/mol. The van der Waals surface area contributed by atoms with E-state index in [1.54, 1.807) is 0 Å². The number of imidazole rings is 1. The SMILES string of the molecule is Cc1ccc(C[C@@H](CS(C)(=O)=O)n2c(=N)n(Cc3ccc(C)cc3)c3ccccc32)cc1. The lowest BCUT2D eigenvalue weighted by molar-refractivity contribution is 0.505. The van der Waals surface area contributed by atoms with Gasteiger partial charge in [0.25, 0.3) is 0 Å². The van der Waals surface area contributed by atoms with E-state index in [1.807, 2.05) is 64.6 Å². The third kappa shape index (κ3) is 4.86. The van der Waals surface area contributed by atoms with E-state index in [4.69, 9.17) is 5.41 Å². The second kappa shape index (κ2) is 8.79. The minimum absolute atomic E-state index is 0.0179. The molecule has 4 rings (SSSR count). The average Bonchev–Trinajstić information content (AvgIpc) is 3.01. The zero-order chi connectivity index (χ0) is 22.9. The summed E-state index contributed by atoms with van der Waals surface area (Å²) in [5.74, 6) is -0.0179. The van der Waals surface area contributed by atoms with Crippen LogP contribution in [0.25, 0.3) is 11.0 Å². The van der Waals surface area contributed by atoms with Gasteiger partial charge in [-0.25, -0.2) is 8.42 Å². The van der Waals surface area contributed by atoms with Crippen molar-refractivity contribution < 1.29 is 8.42 Å². The third-order valence-corrected chi connectivity index (χ3v) is 6.82. The van der Waals surface area contributed by atoms with Gasteiger partial charge in [0.1, 0.15) is 9.84 Å². The lowest BCUT2D eigenvalue weighted by Gasteiger charge is -2.19. The highest BCUT2D eigenvalue weighted by Gasteiger charge is 2.23. The van der Waals surface area contributed by atoms with E-state index < -0.39 is 9.84 Å². The largest absolute Gasteiger partial charge is 0.306 e. The molecule has 5 nitrogen and oxygen atoms in total. The molecule has 0 aliphatic carbocycles. The summed E-state index contributed by atoms with van der Waals surface area (Å²) in [7, 11) is -3.25. The molecule has 0 fully saturated rings. The molecule has 0 bridgehead atoms. The molecule has 166 valence electrons. The Morgan fingerprint density at radius 2 is 1.34 bits per heavy atom. The van der Waals surface area contributed by atoms with Gasteiger partial charge in [-0.05, 0) is 43.5 Å². The van der Waals surface area contributed by atoms with Gasteiger partial charge in [-0.1, -0.05) is 71.8 Å². The van der Waals surface area contributed by atoms with Crippen molar-refractivity contribution in [2.75, 3.05) is 12.0 Å². The van der Waals surface area contributed by atoms with E-state index in [-0.39, 0.29) is 11.8 Å². The summed E-state index contributed by atoms with van der Waals surface area (Å²) in [5.41, 5.74) is 6.65. The quantitative estimate of drug-likeness (QED) is 0.456. The summed E-state index contributed by atoms with van der Waals surface area (Å²) < 4.78 is 28.6. The Morgan fingerprint density at radius 1 is 0.812 bits per heavy atom. The molecule has 1 heterocycles. The monoisotopic (exact) mass is 447 g/mol. The predicted octanol–water partition coefficient (Wildman–Crippen LogP) is 4.42. The van der Waals surface area contributed by atoms with Crippen LogP contribution >= 0.6 is 0 Å². The molecule has 0 amide bonds. The highest BCUT2D eigenvalue weighted by molar-refractivity contribution is 7.90. The maximum absolute atomic E-state index is 12.4. The van der Waals surface area contributed by atoms with Gasteiger partial charge in [0.05, 0.1) is 29.4 Å². The molecule has 0 aliphatic rings. The number of aryl methyl sites for hydroxylation is 2. The molecule has 0 unspecified atom stereocenters. The molecule has 1 N–H and O–H groups in total. The van der Waals surface area contributed by atoms with Crippen LogP contribution in [0.4, 0.5) is 0 Å². The van der Waals surface area contributed by atoms with Crippen molar-refractivity contribution in [2.45, 2.75) is 32.9 Å². The first kappa shape index (κ1) is 22.1. The summed E-state index contributed by atoms with van der Waals surface area (Å²) >= 11 is 0. The number of sulfone groups is 1. The predicted molar refractivity (Wildman–Crippen MR) is 130 cm³/mol. The van der Waals surface area contributed by atoms with E-state index in [9.17, 15) is 8.42 Å². The van der Waals surface area contributed by atoms with E-state index in [0.29, 0.717) is 18.6 Å². The van der Waals surface area contributed by atoms with Gasteiger partial charge in [-0.15, -0.1) is 0 Å². The van der Waals surface area contributed by atoms with Crippen LogP contribution in [-0.2, 0) is 22.8 Å². The van der Waals surface area contributed by atoms with Crippen LogP contribution in [-0.4, -0.2) is 29.6 Å². The molecule has 6 heteroatoms. The third-order valence-electron chi connectivity index (χ3n) is 5.83. The number of para-hydroxylation sites is 2. The van der Waals surface area contributed by atoms with Crippen LogP contribution in [0.1, 0.15) is 28.3 Å². The van der Waals surface area contributed by atoms with Gasteiger partial charge >= 0.3 is 0 Å². The summed E-state index contributed by atoms with van der Waals surface area (Å²) in [4.78, 5) is 0. The number of hydrogen-bond donors (Lipinski definition) is 1. The highest BCUT2D eigenvalue weighted by Crippen LogP contribution is 2.23. The van der Waals surface area contributed by atoms with Gasteiger partial charge in [0, 0.05) is 6.26 Å². The zero-order valence-electron chi connectivity index (χ0n) is 18.7. The summed E-state index contributed by atoms with van der Waals surface area (Å²) in [6, 6.07) is 24.0. The molecule has 0 radical (unpaired) electrons. The molecule has 4 aromatic rings. The molecule has 3 aromatic carbocycles.